The van der Waals surface area contributed by atoms with Crippen molar-refractivity contribution >= 4 is 23.5 Å². The van der Waals surface area contributed by atoms with Crippen molar-refractivity contribution in [2.45, 2.75) is 13.0 Å². The fraction of sp³-hybridized carbons (Fsp3) is 0.368. The standard InChI is InChI=1S/C19H23ClN2O7/c1-26-12-6-5-10(17(27-2)18(12)28-3)14-11(9-21-8-7-13(23)24)22-16(15(14)20)19(25)29-4/h5-6,21-22H,7-9H2,1-4H3,(H,23,24). The first-order valence-corrected chi connectivity index (χ1v) is 8.97. The van der Waals surface area contributed by atoms with Crippen LogP contribution in [0.2, 0.25) is 5.02 Å². The van der Waals surface area contributed by atoms with Gasteiger partial charge in [-0.1, -0.05) is 11.6 Å². The number of methoxy groups -OCH3 is 4. The van der Waals surface area contributed by atoms with Gasteiger partial charge in [0, 0.05) is 29.9 Å². The topological polar surface area (TPSA) is 119 Å². The first-order valence-electron chi connectivity index (χ1n) is 8.60. The molecule has 29 heavy (non-hydrogen) atoms. The molecule has 3 N–H and O–H groups in total. The number of hydrogen-bond donors (Lipinski definition) is 3. The van der Waals surface area contributed by atoms with Crippen molar-refractivity contribution in [3.05, 3.63) is 28.5 Å². The summed E-state index contributed by atoms with van der Waals surface area (Å²) in [5, 5.41) is 12.0. The van der Waals surface area contributed by atoms with Gasteiger partial charge < -0.3 is 34.4 Å². The Morgan fingerprint density at radius 1 is 1.10 bits per heavy atom. The average Bonchev–Trinajstić information content (AvgIpc) is 3.04. The Balaban J connectivity index is 2.59. The number of H-pyrrole nitrogens is 1. The van der Waals surface area contributed by atoms with Gasteiger partial charge in [0.2, 0.25) is 5.75 Å². The van der Waals surface area contributed by atoms with E-state index in [4.69, 9.17) is 35.7 Å². The van der Waals surface area contributed by atoms with E-state index in [0.717, 1.165) is 0 Å². The zero-order chi connectivity index (χ0) is 21.6. The van der Waals surface area contributed by atoms with E-state index in [9.17, 15) is 9.59 Å². The van der Waals surface area contributed by atoms with Crippen molar-refractivity contribution in [3.8, 4) is 28.4 Å². The Bertz CT molecular complexity index is 895. The van der Waals surface area contributed by atoms with E-state index in [2.05, 4.69) is 10.3 Å². The third-order valence-corrected chi connectivity index (χ3v) is 4.58. The van der Waals surface area contributed by atoms with E-state index in [1.54, 1.807) is 12.1 Å². The van der Waals surface area contributed by atoms with Crippen molar-refractivity contribution in [2.75, 3.05) is 35.0 Å². The number of rotatable bonds is 10. The fourth-order valence-corrected chi connectivity index (χ4v) is 3.23. The molecule has 0 bridgehead atoms. The maximum atomic E-state index is 12.1. The molecular weight excluding hydrogens is 404 g/mol. The highest BCUT2D eigenvalue weighted by atomic mass is 35.5. The van der Waals surface area contributed by atoms with Crippen LogP contribution < -0.4 is 19.5 Å². The van der Waals surface area contributed by atoms with Crippen molar-refractivity contribution in [3.63, 3.8) is 0 Å². The summed E-state index contributed by atoms with van der Waals surface area (Å²) in [5.41, 5.74) is 1.71. The average molecular weight is 427 g/mol. The normalized spacial score (nSPS) is 10.5. The molecule has 2 rings (SSSR count). The lowest BCUT2D eigenvalue weighted by Gasteiger charge is -2.16. The predicted octanol–water partition coefficient (Wildman–Crippen LogP) is 2.71. The van der Waals surface area contributed by atoms with Gasteiger partial charge in [0.1, 0.15) is 5.69 Å². The van der Waals surface area contributed by atoms with Crippen LogP contribution in [0.4, 0.5) is 0 Å². The van der Waals surface area contributed by atoms with Gasteiger partial charge in [0.25, 0.3) is 0 Å². The second-order valence-electron chi connectivity index (χ2n) is 5.86. The van der Waals surface area contributed by atoms with Crippen molar-refractivity contribution in [1.29, 1.82) is 0 Å². The van der Waals surface area contributed by atoms with E-state index >= 15 is 0 Å². The number of benzene rings is 1. The molecule has 0 aliphatic carbocycles. The number of carbonyl (C=O) groups is 2. The quantitative estimate of drug-likeness (QED) is 0.392. The molecular formula is C19H23ClN2O7. The molecule has 0 spiro atoms. The molecule has 1 aromatic carbocycles. The van der Waals surface area contributed by atoms with Crippen LogP contribution in [0.15, 0.2) is 12.1 Å². The number of halogens is 1. The van der Waals surface area contributed by atoms with E-state index in [1.165, 1.54) is 28.4 Å². The van der Waals surface area contributed by atoms with E-state index in [0.29, 0.717) is 34.1 Å². The molecule has 158 valence electrons. The molecule has 0 fully saturated rings. The summed E-state index contributed by atoms with van der Waals surface area (Å²) in [6.45, 7) is 0.471. The second-order valence-corrected chi connectivity index (χ2v) is 6.24. The van der Waals surface area contributed by atoms with Crippen LogP contribution in [0.3, 0.4) is 0 Å². The third-order valence-electron chi connectivity index (χ3n) is 4.20. The number of aromatic amines is 1. The minimum atomic E-state index is -0.918. The number of hydrogen-bond acceptors (Lipinski definition) is 7. The van der Waals surface area contributed by atoms with Crippen LogP contribution in [-0.4, -0.2) is 57.0 Å². The highest BCUT2D eigenvalue weighted by Gasteiger charge is 2.27. The molecule has 1 aromatic heterocycles. The van der Waals surface area contributed by atoms with E-state index < -0.39 is 11.9 Å². The maximum Gasteiger partial charge on any atom is 0.356 e. The van der Waals surface area contributed by atoms with Crippen LogP contribution in [0, 0.1) is 0 Å². The molecule has 0 aliphatic rings. The lowest BCUT2D eigenvalue weighted by molar-refractivity contribution is -0.136. The zero-order valence-electron chi connectivity index (χ0n) is 16.6. The molecule has 2 aromatic rings. The Kier molecular flexibility index (Phi) is 7.74. The summed E-state index contributed by atoms with van der Waals surface area (Å²) < 4.78 is 21.1. The summed E-state index contributed by atoms with van der Waals surface area (Å²) in [6.07, 6.45) is -0.0483. The smallest absolute Gasteiger partial charge is 0.356 e. The maximum absolute atomic E-state index is 12.1. The lowest BCUT2D eigenvalue weighted by Crippen LogP contribution is -2.18. The molecule has 0 radical (unpaired) electrons. The second kappa shape index (κ2) is 10.0. The molecule has 9 nitrogen and oxygen atoms in total. The molecule has 0 saturated carbocycles. The van der Waals surface area contributed by atoms with Crippen LogP contribution >= 0.6 is 11.6 Å². The summed E-state index contributed by atoms with van der Waals surface area (Å²) >= 11 is 6.52. The van der Waals surface area contributed by atoms with Gasteiger partial charge in [-0.05, 0) is 12.1 Å². The summed E-state index contributed by atoms with van der Waals surface area (Å²) in [7, 11) is 5.72. The number of aromatic nitrogens is 1. The Labute approximate surface area is 172 Å². The first kappa shape index (κ1) is 22.4. The lowest BCUT2D eigenvalue weighted by atomic mass is 10.0. The molecule has 0 saturated heterocycles. The van der Waals surface area contributed by atoms with Crippen molar-refractivity contribution < 1.29 is 33.6 Å². The minimum Gasteiger partial charge on any atom is -0.493 e. The minimum absolute atomic E-state index is 0.0483. The van der Waals surface area contributed by atoms with Crippen molar-refractivity contribution in [2.24, 2.45) is 0 Å². The molecule has 0 aliphatic heterocycles. The highest BCUT2D eigenvalue weighted by molar-refractivity contribution is 6.36. The first-order chi connectivity index (χ1) is 13.9. The van der Waals surface area contributed by atoms with Crippen LogP contribution in [0.5, 0.6) is 17.2 Å². The number of carbonyl (C=O) groups excluding carboxylic acids is 1. The Morgan fingerprint density at radius 3 is 2.34 bits per heavy atom. The van der Waals surface area contributed by atoms with Gasteiger partial charge in [0.15, 0.2) is 11.5 Å². The van der Waals surface area contributed by atoms with Gasteiger partial charge in [0.05, 0.1) is 39.9 Å². The number of ether oxygens (including phenoxy) is 4. The number of aliphatic carboxylic acids is 1. The Hall–Kier alpha value is -2.91. The van der Waals surface area contributed by atoms with Gasteiger partial charge in [-0.15, -0.1) is 0 Å². The van der Waals surface area contributed by atoms with Gasteiger partial charge in [-0.25, -0.2) is 4.79 Å². The SMILES string of the molecule is COC(=O)c1[nH]c(CNCCC(=O)O)c(-c2ccc(OC)c(OC)c2OC)c1Cl. The highest BCUT2D eigenvalue weighted by Crippen LogP contribution is 2.47. The fourth-order valence-electron chi connectivity index (χ4n) is 2.89. The molecule has 10 heteroatoms. The van der Waals surface area contributed by atoms with E-state index in [1.807, 2.05) is 0 Å². The Morgan fingerprint density at radius 2 is 1.79 bits per heavy atom. The summed E-state index contributed by atoms with van der Waals surface area (Å²) in [4.78, 5) is 25.8. The van der Waals surface area contributed by atoms with E-state index in [-0.39, 0.29) is 30.2 Å². The van der Waals surface area contributed by atoms with Gasteiger partial charge in [-0.2, -0.15) is 0 Å². The van der Waals surface area contributed by atoms with Crippen LogP contribution in [-0.2, 0) is 16.1 Å². The van der Waals surface area contributed by atoms with Crippen LogP contribution in [0.25, 0.3) is 11.1 Å². The predicted molar refractivity (Wildman–Crippen MR) is 106 cm³/mol. The number of nitrogens with one attached hydrogen (secondary N) is 2. The van der Waals surface area contributed by atoms with Crippen LogP contribution in [0.1, 0.15) is 22.6 Å². The van der Waals surface area contributed by atoms with Gasteiger partial charge >= 0.3 is 11.9 Å². The third kappa shape index (κ3) is 4.75. The van der Waals surface area contributed by atoms with Gasteiger partial charge in [-0.3, -0.25) is 4.79 Å². The largest absolute Gasteiger partial charge is 0.493 e. The van der Waals surface area contributed by atoms with Crippen molar-refractivity contribution in [1.82, 2.24) is 10.3 Å². The molecule has 0 atom stereocenters. The zero-order valence-corrected chi connectivity index (χ0v) is 17.3. The molecule has 0 unspecified atom stereocenters. The molecule has 1 heterocycles. The summed E-state index contributed by atoms with van der Waals surface area (Å²) in [6, 6.07) is 3.43. The number of esters is 1. The summed E-state index contributed by atoms with van der Waals surface area (Å²) in [5.74, 6) is -0.342. The number of carboxylic acids is 1. The monoisotopic (exact) mass is 426 g/mol. The molecule has 0 amide bonds. The number of carboxylic acid groups (broad SMARTS) is 1.